The number of imidazole rings is 1. The van der Waals surface area contributed by atoms with E-state index < -0.39 is 0 Å². The summed E-state index contributed by atoms with van der Waals surface area (Å²) in [6.45, 7) is 2.79. The largest absolute Gasteiger partial charge is 0.330 e. The minimum absolute atomic E-state index is 0.708. The van der Waals surface area contributed by atoms with Crippen molar-refractivity contribution in [1.82, 2.24) is 29.9 Å². The van der Waals surface area contributed by atoms with Crippen molar-refractivity contribution in [3.63, 3.8) is 0 Å². The molecule has 0 atom stereocenters. The molecule has 0 aliphatic heterocycles. The Kier molecular flexibility index (Phi) is 3.36. The van der Waals surface area contributed by atoms with Gasteiger partial charge in [0.2, 0.25) is 0 Å². The normalized spacial score (nSPS) is 15.1. The first-order valence-corrected chi connectivity index (χ1v) is 6.49. The van der Waals surface area contributed by atoms with Crippen LogP contribution in [0.4, 0.5) is 0 Å². The molecule has 1 N–H and O–H groups in total. The number of nitrogens with zero attached hydrogens (tertiary/aromatic N) is 5. The van der Waals surface area contributed by atoms with Crippen molar-refractivity contribution < 1.29 is 0 Å². The first-order valence-electron chi connectivity index (χ1n) is 6.49. The van der Waals surface area contributed by atoms with E-state index >= 15 is 0 Å². The summed E-state index contributed by atoms with van der Waals surface area (Å²) in [6.07, 6.45) is 11.2. The van der Waals surface area contributed by atoms with Gasteiger partial charge in [0.05, 0.1) is 18.2 Å². The zero-order valence-corrected chi connectivity index (χ0v) is 10.4. The molecule has 6 nitrogen and oxygen atoms in total. The molecular formula is C12H18N6. The van der Waals surface area contributed by atoms with Gasteiger partial charge in [-0.2, -0.15) is 0 Å². The zero-order valence-electron chi connectivity index (χ0n) is 10.4. The van der Waals surface area contributed by atoms with Crippen molar-refractivity contribution in [3.8, 4) is 0 Å². The number of rotatable bonds is 7. The minimum atomic E-state index is 0.708. The second-order valence-electron chi connectivity index (χ2n) is 4.72. The van der Waals surface area contributed by atoms with Gasteiger partial charge in [-0.1, -0.05) is 5.21 Å². The molecule has 0 unspecified atom stereocenters. The molecule has 0 radical (unpaired) electrons. The van der Waals surface area contributed by atoms with Crippen molar-refractivity contribution in [2.75, 3.05) is 6.54 Å². The molecule has 2 aromatic heterocycles. The molecule has 0 spiro atoms. The highest BCUT2D eigenvalue weighted by atomic mass is 15.4. The van der Waals surface area contributed by atoms with Crippen molar-refractivity contribution in [3.05, 3.63) is 30.6 Å². The van der Waals surface area contributed by atoms with Crippen molar-refractivity contribution in [2.45, 2.75) is 38.4 Å². The van der Waals surface area contributed by atoms with Crippen LogP contribution >= 0.6 is 0 Å². The molecule has 1 saturated carbocycles. The lowest BCUT2D eigenvalue weighted by Gasteiger charge is -2.07. The number of nitrogens with one attached hydrogen (secondary N) is 1. The SMILES string of the molecule is c1cn(CCCNCc2cncn2C2CC2)nn1. The average molecular weight is 246 g/mol. The molecule has 0 saturated heterocycles. The van der Waals surface area contributed by atoms with Gasteiger partial charge in [0.1, 0.15) is 0 Å². The van der Waals surface area contributed by atoms with Crippen LogP contribution in [0.1, 0.15) is 31.0 Å². The average Bonchev–Trinajstić information content (AvgIpc) is 2.92. The third-order valence-corrected chi connectivity index (χ3v) is 3.21. The first-order chi connectivity index (χ1) is 8.93. The van der Waals surface area contributed by atoms with Gasteiger partial charge in [0, 0.05) is 31.5 Å². The molecule has 18 heavy (non-hydrogen) atoms. The molecule has 0 bridgehead atoms. The molecule has 96 valence electrons. The molecule has 0 amide bonds. The number of hydrogen-bond donors (Lipinski definition) is 1. The summed E-state index contributed by atoms with van der Waals surface area (Å²) in [4.78, 5) is 4.22. The number of hydrogen-bond acceptors (Lipinski definition) is 4. The lowest BCUT2D eigenvalue weighted by Crippen LogP contribution is -2.18. The van der Waals surface area contributed by atoms with E-state index in [-0.39, 0.29) is 0 Å². The second kappa shape index (κ2) is 5.30. The van der Waals surface area contributed by atoms with Gasteiger partial charge in [-0.3, -0.25) is 4.68 Å². The molecule has 0 aromatic carbocycles. The second-order valence-corrected chi connectivity index (χ2v) is 4.72. The van der Waals surface area contributed by atoms with Gasteiger partial charge < -0.3 is 9.88 Å². The Labute approximate surface area is 106 Å². The maximum Gasteiger partial charge on any atom is 0.0951 e. The monoisotopic (exact) mass is 246 g/mol. The highest BCUT2D eigenvalue weighted by Gasteiger charge is 2.24. The van der Waals surface area contributed by atoms with Crippen LogP contribution in [0.2, 0.25) is 0 Å². The Balaban J connectivity index is 1.38. The Bertz CT molecular complexity index is 470. The fourth-order valence-corrected chi connectivity index (χ4v) is 2.08. The van der Waals surface area contributed by atoms with Gasteiger partial charge in [-0.25, -0.2) is 4.98 Å². The molecule has 2 aromatic rings. The van der Waals surface area contributed by atoms with E-state index in [4.69, 9.17) is 0 Å². The van der Waals surface area contributed by atoms with Crippen LogP contribution in [0.25, 0.3) is 0 Å². The molecule has 1 fully saturated rings. The van der Waals surface area contributed by atoms with E-state index in [9.17, 15) is 0 Å². The Hall–Kier alpha value is -1.69. The number of aryl methyl sites for hydroxylation is 1. The van der Waals surface area contributed by atoms with Crippen LogP contribution in [-0.2, 0) is 13.1 Å². The fraction of sp³-hybridized carbons (Fsp3) is 0.583. The highest BCUT2D eigenvalue weighted by molar-refractivity contribution is 5.03. The summed E-state index contributed by atoms with van der Waals surface area (Å²) < 4.78 is 4.15. The Morgan fingerprint density at radius 3 is 3.11 bits per heavy atom. The summed E-state index contributed by atoms with van der Waals surface area (Å²) in [5.74, 6) is 0. The summed E-state index contributed by atoms with van der Waals surface area (Å²) in [5, 5.41) is 11.2. The van der Waals surface area contributed by atoms with Gasteiger partial charge in [0.25, 0.3) is 0 Å². The molecule has 6 heteroatoms. The third kappa shape index (κ3) is 2.76. The predicted octanol–water partition coefficient (Wildman–Crippen LogP) is 0.989. The zero-order chi connectivity index (χ0) is 12.2. The maximum atomic E-state index is 4.22. The molecule has 3 rings (SSSR count). The van der Waals surface area contributed by atoms with Gasteiger partial charge in [-0.05, 0) is 25.8 Å². The van der Waals surface area contributed by atoms with E-state index in [0.717, 1.165) is 26.1 Å². The predicted molar refractivity (Wildman–Crippen MR) is 66.8 cm³/mol. The van der Waals surface area contributed by atoms with Crippen molar-refractivity contribution >= 4 is 0 Å². The van der Waals surface area contributed by atoms with E-state index in [1.54, 1.807) is 6.20 Å². The summed E-state index contributed by atoms with van der Waals surface area (Å²) >= 11 is 0. The molecular weight excluding hydrogens is 228 g/mol. The van der Waals surface area contributed by atoms with E-state index in [0.29, 0.717) is 6.04 Å². The fourth-order valence-electron chi connectivity index (χ4n) is 2.08. The quantitative estimate of drug-likeness (QED) is 0.740. The summed E-state index contributed by atoms with van der Waals surface area (Å²) in [6, 6.07) is 0.708. The van der Waals surface area contributed by atoms with Crippen molar-refractivity contribution in [2.24, 2.45) is 0 Å². The van der Waals surface area contributed by atoms with Crippen LogP contribution in [0, 0.1) is 0 Å². The molecule has 2 heterocycles. The number of aromatic nitrogens is 5. The topological polar surface area (TPSA) is 60.6 Å². The van der Waals surface area contributed by atoms with Crippen molar-refractivity contribution in [1.29, 1.82) is 0 Å². The smallest absolute Gasteiger partial charge is 0.0951 e. The van der Waals surface area contributed by atoms with Crippen LogP contribution in [0.15, 0.2) is 24.9 Å². The van der Waals surface area contributed by atoms with E-state index in [1.807, 2.05) is 23.4 Å². The van der Waals surface area contributed by atoms with Crippen LogP contribution in [-0.4, -0.2) is 31.1 Å². The summed E-state index contributed by atoms with van der Waals surface area (Å²) in [5.41, 5.74) is 1.29. The Morgan fingerprint density at radius 2 is 2.33 bits per heavy atom. The lowest BCUT2D eigenvalue weighted by molar-refractivity contribution is 0.523. The van der Waals surface area contributed by atoms with E-state index in [1.165, 1.54) is 18.5 Å². The third-order valence-electron chi connectivity index (χ3n) is 3.21. The van der Waals surface area contributed by atoms with E-state index in [2.05, 4.69) is 25.2 Å². The molecule has 1 aliphatic carbocycles. The standard InChI is InChI=1S/C12H18N6/c1(6-17-7-5-15-16-17)4-13-8-12-9-14-10-18(12)11-2-3-11/h5,7,9-11,13H,1-4,6,8H2. The Morgan fingerprint density at radius 1 is 1.39 bits per heavy atom. The van der Waals surface area contributed by atoms with Crippen LogP contribution < -0.4 is 5.32 Å². The summed E-state index contributed by atoms with van der Waals surface area (Å²) in [7, 11) is 0. The minimum Gasteiger partial charge on any atom is -0.330 e. The first kappa shape index (κ1) is 11.4. The maximum absolute atomic E-state index is 4.22. The van der Waals surface area contributed by atoms with Gasteiger partial charge in [0.15, 0.2) is 0 Å². The van der Waals surface area contributed by atoms with Crippen LogP contribution in [0.3, 0.4) is 0 Å². The highest BCUT2D eigenvalue weighted by Crippen LogP contribution is 2.35. The van der Waals surface area contributed by atoms with Gasteiger partial charge >= 0.3 is 0 Å². The molecule has 1 aliphatic rings. The van der Waals surface area contributed by atoms with Gasteiger partial charge in [-0.15, -0.1) is 5.10 Å². The van der Waals surface area contributed by atoms with Crippen LogP contribution in [0.5, 0.6) is 0 Å². The lowest BCUT2D eigenvalue weighted by atomic mass is 10.4.